The van der Waals surface area contributed by atoms with E-state index >= 15 is 0 Å². The van der Waals surface area contributed by atoms with Crippen LogP contribution in [0.5, 0.6) is 0 Å². The molecule has 0 aromatic rings. The number of rotatable bonds is 7. The summed E-state index contributed by atoms with van der Waals surface area (Å²) in [4.78, 5) is 12.0. The van der Waals surface area contributed by atoms with Gasteiger partial charge in [-0.3, -0.25) is 0 Å². The quantitative estimate of drug-likeness (QED) is 0.508. The van der Waals surface area contributed by atoms with Crippen LogP contribution in [0, 0.1) is 46.3 Å². The molecule has 2 amide bonds. The molecule has 3 aliphatic carbocycles. The third-order valence-electron chi connectivity index (χ3n) is 10.5. The molecule has 9 atom stereocenters. The van der Waals surface area contributed by atoms with Crippen LogP contribution in [0.2, 0.25) is 0 Å². The Hall–Kier alpha value is -0.860. The number of hydrogen-bond acceptors (Lipinski definition) is 4. The van der Waals surface area contributed by atoms with Gasteiger partial charge in [-0.25, -0.2) is 9.52 Å². The van der Waals surface area contributed by atoms with Crippen LogP contribution in [0.3, 0.4) is 0 Å². The third-order valence-corrected chi connectivity index (χ3v) is 11.9. The largest absolute Gasteiger partial charge is 0.393 e. The van der Waals surface area contributed by atoms with E-state index in [1.807, 2.05) is 4.72 Å². The summed E-state index contributed by atoms with van der Waals surface area (Å²) in [7, 11) is -1.00. The summed E-state index contributed by atoms with van der Waals surface area (Å²) < 4.78 is 26.6. The fourth-order valence-electron chi connectivity index (χ4n) is 8.10. The minimum absolute atomic E-state index is 0.188. The second-order valence-electron chi connectivity index (χ2n) is 12.0. The predicted octanol–water partition coefficient (Wildman–Crippen LogP) is 3.99. The molecule has 8 heteroatoms. The van der Waals surface area contributed by atoms with E-state index in [1.165, 1.54) is 46.2 Å². The number of nitrogens with one attached hydrogen (secondary N) is 2. The lowest BCUT2D eigenvalue weighted by atomic mass is 9.45. The van der Waals surface area contributed by atoms with Crippen LogP contribution in [-0.4, -0.2) is 50.6 Å². The number of urea groups is 1. The van der Waals surface area contributed by atoms with Crippen LogP contribution >= 0.6 is 0 Å². The van der Waals surface area contributed by atoms with Crippen LogP contribution in [0.15, 0.2) is 0 Å². The molecule has 192 valence electrons. The highest BCUT2D eigenvalue weighted by Crippen LogP contribution is 2.67. The van der Waals surface area contributed by atoms with Crippen molar-refractivity contribution in [3.8, 4) is 0 Å². The lowest BCUT2D eigenvalue weighted by Crippen LogP contribution is -2.56. The van der Waals surface area contributed by atoms with Gasteiger partial charge in [-0.2, -0.15) is 12.7 Å². The molecule has 0 spiro atoms. The van der Waals surface area contributed by atoms with Gasteiger partial charge in [-0.05, 0) is 84.9 Å². The first kappa shape index (κ1) is 26.7. The van der Waals surface area contributed by atoms with E-state index in [1.54, 1.807) is 0 Å². The van der Waals surface area contributed by atoms with Crippen LogP contribution in [0.4, 0.5) is 4.79 Å². The van der Waals surface area contributed by atoms with Gasteiger partial charge in [0.2, 0.25) is 0 Å². The Labute approximate surface area is 201 Å². The van der Waals surface area contributed by atoms with Gasteiger partial charge in [0.15, 0.2) is 0 Å². The zero-order valence-corrected chi connectivity index (χ0v) is 22.5. The molecule has 3 saturated carbocycles. The summed E-state index contributed by atoms with van der Waals surface area (Å²) in [6.45, 7) is 12.3. The molecule has 0 saturated heterocycles. The van der Waals surface area contributed by atoms with Gasteiger partial charge >= 0.3 is 16.2 Å². The smallest absolute Gasteiger partial charge is 0.329 e. The number of hydrogen-bond donors (Lipinski definition) is 3. The summed E-state index contributed by atoms with van der Waals surface area (Å²) in [5.74, 6) is 3.14. The second-order valence-corrected chi connectivity index (χ2v) is 13.9. The molecule has 3 fully saturated rings. The number of carbonyl (C=O) groups excluding carboxylic acids is 1. The summed E-state index contributed by atoms with van der Waals surface area (Å²) >= 11 is 0. The van der Waals surface area contributed by atoms with Crippen molar-refractivity contribution in [2.24, 2.45) is 46.3 Å². The van der Waals surface area contributed by atoms with Gasteiger partial charge in [0.05, 0.1) is 6.10 Å². The van der Waals surface area contributed by atoms with Gasteiger partial charge in [0.25, 0.3) is 0 Å². The third kappa shape index (κ3) is 4.81. The number of aliphatic hydroxyl groups is 1. The number of amides is 2. The number of nitrogens with zero attached hydrogens (tertiary/aromatic N) is 1. The van der Waals surface area contributed by atoms with Crippen LogP contribution in [0.1, 0.15) is 79.6 Å². The standard InChI is InChI=1S/C25H47N3O4S/c1-8-24(4)17(3)15-21(29)22-19-10-9-18(25(19,5)13-11-20(22)24)16(2)12-14-26-23(30)27-33(31,32)28(6)7/h16-22,29H,8-15H2,1-7H3,(H2,26,27,30)/t16-,17+,18+,19+,20+,21-,22+,24+,25-/m1/s1. The molecule has 0 bridgehead atoms. The summed E-state index contributed by atoms with van der Waals surface area (Å²) in [6.07, 6.45) is 7.53. The topological polar surface area (TPSA) is 98.7 Å². The predicted molar refractivity (Wildman–Crippen MR) is 132 cm³/mol. The van der Waals surface area contributed by atoms with E-state index in [0.29, 0.717) is 47.5 Å². The molecule has 3 rings (SSSR count). The van der Waals surface area contributed by atoms with Crippen molar-refractivity contribution in [2.75, 3.05) is 20.6 Å². The van der Waals surface area contributed by atoms with Crippen molar-refractivity contribution in [3.63, 3.8) is 0 Å². The molecular formula is C25H47N3O4S. The lowest BCUT2D eigenvalue weighted by Gasteiger charge is -2.60. The van der Waals surface area contributed by atoms with Crippen molar-refractivity contribution in [3.05, 3.63) is 0 Å². The minimum Gasteiger partial charge on any atom is -0.393 e. The molecule has 0 aliphatic heterocycles. The SMILES string of the molecule is CC[C@@]1(C)[C@@H](C)C[C@@H](O)[C@H]2[C@@H]3CC[C@@H]([C@H](C)CCNC(=O)NS(=O)(=O)N(C)C)[C@@]3(C)CC[C@@H]21. The van der Waals surface area contributed by atoms with E-state index in [0.717, 1.165) is 17.1 Å². The van der Waals surface area contributed by atoms with Crippen molar-refractivity contribution < 1.29 is 18.3 Å². The lowest BCUT2D eigenvalue weighted by molar-refractivity contribution is -0.151. The zero-order valence-electron chi connectivity index (χ0n) is 21.7. The number of fused-ring (bicyclic) bond motifs is 3. The van der Waals surface area contributed by atoms with Gasteiger partial charge in [0.1, 0.15) is 0 Å². The van der Waals surface area contributed by atoms with E-state index in [-0.39, 0.29) is 11.5 Å². The summed E-state index contributed by atoms with van der Waals surface area (Å²) in [6, 6.07) is -0.676. The average Bonchev–Trinajstić information content (AvgIpc) is 3.08. The minimum atomic E-state index is -3.77. The van der Waals surface area contributed by atoms with Gasteiger partial charge in [0, 0.05) is 20.6 Å². The maximum atomic E-state index is 12.0. The first-order chi connectivity index (χ1) is 15.3. The molecule has 0 aromatic carbocycles. The van der Waals surface area contributed by atoms with Gasteiger partial charge < -0.3 is 10.4 Å². The summed E-state index contributed by atoms with van der Waals surface area (Å²) in [5, 5.41) is 13.9. The fourth-order valence-corrected chi connectivity index (χ4v) is 8.59. The van der Waals surface area contributed by atoms with E-state index in [2.05, 4.69) is 39.9 Å². The van der Waals surface area contributed by atoms with E-state index in [4.69, 9.17) is 0 Å². The molecule has 7 nitrogen and oxygen atoms in total. The monoisotopic (exact) mass is 485 g/mol. The Balaban J connectivity index is 1.63. The Morgan fingerprint density at radius 2 is 1.85 bits per heavy atom. The number of aliphatic hydroxyl groups excluding tert-OH is 1. The van der Waals surface area contributed by atoms with Crippen LogP contribution in [0.25, 0.3) is 0 Å². The molecule has 0 heterocycles. The Bertz CT molecular complexity index is 818. The molecule has 0 aromatic heterocycles. The van der Waals surface area contributed by atoms with Crippen molar-refractivity contribution in [2.45, 2.75) is 85.7 Å². The van der Waals surface area contributed by atoms with Crippen molar-refractivity contribution in [1.29, 1.82) is 0 Å². The first-order valence-corrected chi connectivity index (χ1v) is 14.4. The first-order valence-electron chi connectivity index (χ1n) is 12.9. The molecular weight excluding hydrogens is 438 g/mol. The van der Waals surface area contributed by atoms with Crippen LogP contribution in [-0.2, 0) is 10.2 Å². The molecule has 3 aliphatic rings. The van der Waals surface area contributed by atoms with Gasteiger partial charge in [-0.1, -0.05) is 41.0 Å². The Morgan fingerprint density at radius 1 is 1.18 bits per heavy atom. The molecule has 0 radical (unpaired) electrons. The highest BCUT2D eigenvalue weighted by Gasteiger charge is 2.61. The van der Waals surface area contributed by atoms with Crippen molar-refractivity contribution >= 4 is 16.2 Å². The molecule has 3 N–H and O–H groups in total. The maximum Gasteiger partial charge on any atom is 0.329 e. The summed E-state index contributed by atoms with van der Waals surface area (Å²) in [5.41, 5.74) is 0.548. The normalized spacial score (nSPS) is 41.8. The molecule has 33 heavy (non-hydrogen) atoms. The Morgan fingerprint density at radius 3 is 2.45 bits per heavy atom. The highest BCUT2D eigenvalue weighted by molar-refractivity contribution is 7.87. The highest BCUT2D eigenvalue weighted by atomic mass is 32.2. The number of carbonyl (C=O) groups is 1. The van der Waals surface area contributed by atoms with Crippen LogP contribution < -0.4 is 10.0 Å². The zero-order chi connectivity index (χ0) is 24.8. The van der Waals surface area contributed by atoms with Crippen molar-refractivity contribution in [1.82, 2.24) is 14.3 Å². The van der Waals surface area contributed by atoms with E-state index in [9.17, 15) is 18.3 Å². The molecule has 0 unspecified atom stereocenters. The fraction of sp³-hybridized carbons (Fsp3) is 0.960. The maximum absolute atomic E-state index is 12.0. The van der Waals surface area contributed by atoms with E-state index < -0.39 is 16.2 Å². The van der Waals surface area contributed by atoms with Gasteiger partial charge in [-0.15, -0.1) is 0 Å². The Kier molecular flexibility index (Phi) is 7.82. The second kappa shape index (κ2) is 9.65. The average molecular weight is 486 g/mol.